The summed E-state index contributed by atoms with van der Waals surface area (Å²) in [5.74, 6) is 1.70. The number of amides is 1. The second-order valence-electron chi connectivity index (χ2n) is 6.48. The van der Waals surface area contributed by atoms with Gasteiger partial charge in [0.05, 0.1) is 0 Å². The molecule has 0 spiro atoms. The lowest BCUT2D eigenvalue weighted by atomic mass is 10.2. The van der Waals surface area contributed by atoms with Gasteiger partial charge in [-0.05, 0) is 31.9 Å². The molecule has 0 radical (unpaired) electrons. The minimum absolute atomic E-state index is 0.0674. The van der Waals surface area contributed by atoms with Gasteiger partial charge in [0.1, 0.15) is 6.54 Å². The van der Waals surface area contributed by atoms with E-state index in [-0.39, 0.29) is 12.5 Å². The zero-order valence-corrected chi connectivity index (χ0v) is 16.7. The van der Waals surface area contributed by atoms with Crippen molar-refractivity contribution >= 4 is 23.5 Å². The molecule has 3 rings (SSSR count). The van der Waals surface area contributed by atoms with E-state index in [4.69, 9.17) is 16.1 Å². The maximum absolute atomic E-state index is 12.1. The van der Waals surface area contributed by atoms with E-state index in [0.29, 0.717) is 42.2 Å². The number of aromatic nitrogens is 2. The van der Waals surface area contributed by atoms with E-state index in [1.54, 1.807) is 12.1 Å². The van der Waals surface area contributed by atoms with Gasteiger partial charge in [-0.3, -0.25) is 4.79 Å². The molecule has 150 valence electrons. The van der Waals surface area contributed by atoms with Crippen LogP contribution in [0.2, 0.25) is 5.02 Å². The first kappa shape index (κ1) is 20.1. The summed E-state index contributed by atoms with van der Waals surface area (Å²) in [5, 5.41) is 11.0. The van der Waals surface area contributed by atoms with E-state index in [1.807, 2.05) is 24.0 Å². The van der Waals surface area contributed by atoms with Crippen LogP contribution in [0.3, 0.4) is 0 Å². The molecule has 2 aromatic rings. The first-order valence-electron chi connectivity index (χ1n) is 9.54. The van der Waals surface area contributed by atoms with E-state index in [9.17, 15) is 4.79 Å². The number of benzene rings is 1. The minimum Gasteiger partial charge on any atom is -0.357 e. The quantitative estimate of drug-likeness (QED) is 0.542. The average molecular weight is 405 g/mol. The van der Waals surface area contributed by atoms with Crippen molar-refractivity contribution in [2.75, 3.05) is 32.7 Å². The summed E-state index contributed by atoms with van der Waals surface area (Å²) in [6.07, 6.45) is 2.70. The lowest BCUT2D eigenvalue weighted by Crippen LogP contribution is -2.39. The van der Waals surface area contributed by atoms with Crippen LogP contribution in [0.25, 0.3) is 11.4 Å². The van der Waals surface area contributed by atoms with Crippen LogP contribution >= 0.6 is 11.6 Å². The van der Waals surface area contributed by atoms with E-state index in [1.165, 1.54) is 0 Å². The molecule has 0 atom stereocenters. The number of guanidine groups is 1. The Balaban J connectivity index is 1.50. The third-order valence-electron chi connectivity index (χ3n) is 4.36. The lowest BCUT2D eigenvalue weighted by molar-refractivity contribution is -0.128. The highest BCUT2D eigenvalue weighted by Crippen LogP contribution is 2.19. The molecule has 1 fully saturated rings. The van der Waals surface area contributed by atoms with Crippen LogP contribution in [-0.4, -0.2) is 59.6 Å². The summed E-state index contributed by atoms with van der Waals surface area (Å²) in [6.45, 7) is 5.07. The van der Waals surface area contributed by atoms with Crippen molar-refractivity contribution in [3.63, 3.8) is 0 Å². The summed E-state index contributed by atoms with van der Waals surface area (Å²) in [5.41, 5.74) is 0.811. The molecule has 1 aliphatic rings. The Bertz CT molecular complexity index is 816. The molecule has 1 aromatic carbocycles. The average Bonchev–Trinajstić information content (AvgIpc) is 3.38. The third-order valence-corrected chi connectivity index (χ3v) is 4.59. The number of nitrogens with zero attached hydrogens (tertiary/aromatic N) is 4. The Morgan fingerprint density at radius 1 is 1.32 bits per heavy atom. The highest BCUT2D eigenvalue weighted by atomic mass is 35.5. The fourth-order valence-corrected chi connectivity index (χ4v) is 3.13. The second-order valence-corrected chi connectivity index (χ2v) is 6.92. The third kappa shape index (κ3) is 5.69. The number of nitrogens with one attached hydrogen (secondary N) is 2. The number of hydrogen-bond donors (Lipinski definition) is 2. The van der Waals surface area contributed by atoms with Crippen molar-refractivity contribution in [2.24, 2.45) is 4.99 Å². The van der Waals surface area contributed by atoms with Gasteiger partial charge < -0.3 is 20.1 Å². The topological polar surface area (TPSA) is 95.7 Å². The van der Waals surface area contributed by atoms with Crippen LogP contribution in [0.1, 0.15) is 25.7 Å². The van der Waals surface area contributed by atoms with Gasteiger partial charge in [-0.25, -0.2) is 4.99 Å². The van der Waals surface area contributed by atoms with Crippen molar-refractivity contribution in [3.8, 4) is 11.4 Å². The molecule has 2 N–H and O–H groups in total. The molecule has 2 heterocycles. The molecule has 0 bridgehead atoms. The number of hydrogen-bond acceptors (Lipinski definition) is 5. The van der Waals surface area contributed by atoms with Gasteiger partial charge >= 0.3 is 0 Å². The van der Waals surface area contributed by atoms with Crippen LogP contribution in [0.4, 0.5) is 0 Å². The molecule has 28 heavy (non-hydrogen) atoms. The minimum atomic E-state index is 0.0674. The van der Waals surface area contributed by atoms with E-state index in [2.05, 4.69) is 25.8 Å². The normalized spacial score (nSPS) is 14.4. The van der Waals surface area contributed by atoms with Gasteiger partial charge in [-0.15, -0.1) is 0 Å². The van der Waals surface area contributed by atoms with E-state index < -0.39 is 0 Å². The summed E-state index contributed by atoms with van der Waals surface area (Å²) in [7, 11) is 0. The Hall–Kier alpha value is -2.61. The summed E-state index contributed by atoms with van der Waals surface area (Å²) >= 11 is 6.00. The molecule has 0 saturated carbocycles. The predicted octanol–water partition coefficient (Wildman–Crippen LogP) is 2.11. The highest BCUT2D eigenvalue weighted by molar-refractivity contribution is 6.30. The smallest absolute Gasteiger partial charge is 0.244 e. The fraction of sp³-hybridized carbons (Fsp3) is 0.474. The Kier molecular flexibility index (Phi) is 7.25. The van der Waals surface area contributed by atoms with Crippen molar-refractivity contribution in [1.82, 2.24) is 25.7 Å². The molecule has 8 nitrogen and oxygen atoms in total. The van der Waals surface area contributed by atoms with Gasteiger partial charge in [0.2, 0.25) is 17.6 Å². The van der Waals surface area contributed by atoms with Crippen LogP contribution in [-0.2, 0) is 11.2 Å². The molecule has 9 heteroatoms. The molecule has 1 aromatic heterocycles. The van der Waals surface area contributed by atoms with Crippen molar-refractivity contribution < 1.29 is 9.32 Å². The lowest BCUT2D eigenvalue weighted by Gasteiger charge is -2.15. The standard InChI is InChI=1S/C19H25ClN6O2/c1-2-21-19(23-13-17(27)26-10-3-4-11-26)22-9-8-16-24-18(25-28-16)14-6-5-7-15(20)12-14/h5-7,12H,2-4,8-11,13H2,1H3,(H2,21,22,23). The largest absolute Gasteiger partial charge is 0.357 e. The number of likely N-dealkylation sites (tertiary alicyclic amines) is 1. The SMILES string of the molecule is CCNC(=NCC(=O)N1CCCC1)NCCc1nc(-c2cccc(Cl)c2)no1. The van der Waals surface area contributed by atoms with Gasteiger partial charge in [0, 0.05) is 43.2 Å². The first-order valence-corrected chi connectivity index (χ1v) is 9.92. The zero-order valence-electron chi connectivity index (χ0n) is 15.9. The Morgan fingerprint density at radius 2 is 2.14 bits per heavy atom. The maximum Gasteiger partial charge on any atom is 0.244 e. The van der Waals surface area contributed by atoms with Crippen LogP contribution in [0, 0.1) is 0 Å². The van der Waals surface area contributed by atoms with Crippen LogP contribution < -0.4 is 10.6 Å². The number of aliphatic imine (C=N–C) groups is 1. The molecule has 0 aliphatic carbocycles. The van der Waals surface area contributed by atoms with Crippen LogP contribution in [0.15, 0.2) is 33.8 Å². The maximum atomic E-state index is 12.1. The summed E-state index contributed by atoms with van der Waals surface area (Å²) < 4.78 is 5.30. The second kappa shape index (κ2) is 10.1. The Labute approximate surface area is 169 Å². The predicted molar refractivity (Wildman–Crippen MR) is 108 cm³/mol. The molecule has 1 aliphatic heterocycles. The van der Waals surface area contributed by atoms with Crippen molar-refractivity contribution in [1.29, 1.82) is 0 Å². The summed E-state index contributed by atoms with van der Waals surface area (Å²) in [4.78, 5) is 22.8. The fourth-order valence-electron chi connectivity index (χ4n) is 2.94. The molecule has 0 unspecified atom stereocenters. The Morgan fingerprint density at radius 3 is 2.89 bits per heavy atom. The van der Waals surface area contributed by atoms with E-state index >= 15 is 0 Å². The number of halogens is 1. The highest BCUT2D eigenvalue weighted by Gasteiger charge is 2.17. The molecule has 1 amide bonds. The van der Waals surface area contributed by atoms with Crippen LogP contribution in [0.5, 0.6) is 0 Å². The number of carbonyl (C=O) groups excluding carboxylic acids is 1. The van der Waals surface area contributed by atoms with Gasteiger partial charge in [-0.2, -0.15) is 4.98 Å². The molecule has 1 saturated heterocycles. The van der Waals surface area contributed by atoms with Crippen molar-refractivity contribution in [3.05, 3.63) is 35.2 Å². The first-order chi connectivity index (χ1) is 13.7. The summed E-state index contributed by atoms with van der Waals surface area (Å²) in [6, 6.07) is 7.32. The number of rotatable bonds is 7. The molecular formula is C19H25ClN6O2. The van der Waals surface area contributed by atoms with Gasteiger partial charge in [-0.1, -0.05) is 28.9 Å². The van der Waals surface area contributed by atoms with Crippen molar-refractivity contribution in [2.45, 2.75) is 26.2 Å². The zero-order chi connectivity index (χ0) is 19.8. The van der Waals surface area contributed by atoms with E-state index in [0.717, 1.165) is 31.5 Å². The molecular weight excluding hydrogens is 380 g/mol. The van der Waals surface area contributed by atoms with Gasteiger partial charge in [0.25, 0.3) is 0 Å². The van der Waals surface area contributed by atoms with Gasteiger partial charge in [0.15, 0.2) is 5.96 Å². The number of carbonyl (C=O) groups is 1. The monoisotopic (exact) mass is 404 g/mol.